The lowest BCUT2D eigenvalue weighted by molar-refractivity contribution is 0.0845. The molecule has 2 nitrogen and oxygen atoms in total. The smallest absolute Gasteiger partial charge is 0.123 e. The molecule has 1 aliphatic carbocycles. The first-order valence-electron chi connectivity index (χ1n) is 6.57. The van der Waals surface area contributed by atoms with Crippen LogP contribution in [0.3, 0.4) is 0 Å². The van der Waals surface area contributed by atoms with Crippen LogP contribution in [0.25, 0.3) is 0 Å². The van der Waals surface area contributed by atoms with E-state index >= 15 is 0 Å². The minimum atomic E-state index is -0.0228. The van der Waals surface area contributed by atoms with Gasteiger partial charge in [0.2, 0.25) is 0 Å². The van der Waals surface area contributed by atoms with Crippen molar-refractivity contribution in [2.45, 2.75) is 50.5 Å². The average Bonchev–Trinajstić information content (AvgIpc) is 3.07. The first-order chi connectivity index (χ1) is 8.05. The molecule has 0 aromatic heterocycles. The lowest BCUT2D eigenvalue weighted by Crippen LogP contribution is -2.32. The molecule has 17 heavy (non-hydrogen) atoms. The topological polar surface area (TPSA) is 35.2 Å². The first kappa shape index (κ1) is 11.1. The first-order valence-corrected chi connectivity index (χ1v) is 6.57. The van der Waals surface area contributed by atoms with Gasteiger partial charge in [-0.1, -0.05) is 12.1 Å². The maximum Gasteiger partial charge on any atom is 0.123 e. The highest BCUT2D eigenvalue weighted by Gasteiger charge is 2.43. The van der Waals surface area contributed by atoms with E-state index in [-0.39, 0.29) is 11.0 Å². The van der Waals surface area contributed by atoms with Crippen molar-refractivity contribution in [1.82, 2.24) is 0 Å². The molecule has 2 aliphatic rings. The molecule has 2 N–H and O–H groups in total. The Morgan fingerprint density at radius 3 is 2.65 bits per heavy atom. The van der Waals surface area contributed by atoms with Gasteiger partial charge in [-0.3, -0.25) is 0 Å². The van der Waals surface area contributed by atoms with Gasteiger partial charge >= 0.3 is 0 Å². The predicted octanol–water partition coefficient (Wildman–Crippen LogP) is 2.78. The Morgan fingerprint density at radius 2 is 2.00 bits per heavy atom. The number of aryl methyl sites for hydroxylation is 1. The van der Waals surface area contributed by atoms with Crippen LogP contribution in [0.4, 0.5) is 0 Å². The van der Waals surface area contributed by atoms with Crippen LogP contribution in [0.5, 0.6) is 5.75 Å². The van der Waals surface area contributed by atoms with Crippen molar-refractivity contribution in [3.05, 3.63) is 29.3 Å². The Kier molecular flexibility index (Phi) is 2.27. The van der Waals surface area contributed by atoms with Gasteiger partial charge in [0, 0.05) is 12.0 Å². The van der Waals surface area contributed by atoms with Crippen molar-refractivity contribution in [2.75, 3.05) is 6.54 Å². The fourth-order valence-electron chi connectivity index (χ4n) is 2.73. The normalized spacial score (nSPS) is 23.7. The standard InChI is InChI=1S/C15H21NO/c1-14(2)6-5-11-3-4-12(9-13(11)17-14)15(10-16)7-8-15/h3-4,9H,5-8,10,16H2,1-2H3. The molecule has 0 saturated heterocycles. The van der Waals surface area contributed by atoms with E-state index in [1.54, 1.807) is 0 Å². The third kappa shape index (κ3) is 1.85. The predicted molar refractivity (Wildman–Crippen MR) is 69.4 cm³/mol. The molecule has 1 heterocycles. The highest BCUT2D eigenvalue weighted by Crippen LogP contribution is 2.49. The summed E-state index contributed by atoms with van der Waals surface area (Å²) in [6, 6.07) is 6.71. The van der Waals surface area contributed by atoms with Crippen LogP contribution in [0, 0.1) is 0 Å². The fourth-order valence-corrected chi connectivity index (χ4v) is 2.73. The molecule has 1 aromatic rings. The Bertz CT molecular complexity index is 446. The van der Waals surface area contributed by atoms with Crippen molar-refractivity contribution >= 4 is 0 Å². The summed E-state index contributed by atoms with van der Waals surface area (Å²) in [6.45, 7) is 5.09. The quantitative estimate of drug-likeness (QED) is 0.849. The minimum Gasteiger partial charge on any atom is -0.488 e. The molecule has 0 bridgehead atoms. The fraction of sp³-hybridized carbons (Fsp3) is 0.600. The van der Waals surface area contributed by atoms with Crippen molar-refractivity contribution in [3.8, 4) is 5.75 Å². The van der Waals surface area contributed by atoms with Crippen molar-refractivity contribution < 1.29 is 4.74 Å². The van der Waals surface area contributed by atoms with E-state index in [1.165, 1.54) is 24.0 Å². The number of benzene rings is 1. The Hall–Kier alpha value is -1.02. The van der Waals surface area contributed by atoms with Gasteiger partial charge in [0.25, 0.3) is 0 Å². The molecule has 3 rings (SSSR count). The van der Waals surface area contributed by atoms with Gasteiger partial charge in [-0.15, -0.1) is 0 Å². The lowest BCUT2D eigenvalue weighted by atomic mass is 9.90. The molecule has 0 atom stereocenters. The third-order valence-corrected chi connectivity index (χ3v) is 4.31. The lowest BCUT2D eigenvalue weighted by Gasteiger charge is -2.33. The van der Waals surface area contributed by atoms with Crippen LogP contribution in [-0.2, 0) is 11.8 Å². The van der Waals surface area contributed by atoms with Gasteiger partial charge in [-0.2, -0.15) is 0 Å². The summed E-state index contributed by atoms with van der Waals surface area (Å²) in [5.74, 6) is 1.08. The number of hydrogen-bond acceptors (Lipinski definition) is 2. The molecule has 92 valence electrons. The van der Waals surface area contributed by atoms with E-state index in [0.717, 1.165) is 25.1 Å². The van der Waals surface area contributed by atoms with Gasteiger partial charge < -0.3 is 10.5 Å². The van der Waals surface area contributed by atoms with Gasteiger partial charge in [-0.25, -0.2) is 0 Å². The number of hydrogen-bond donors (Lipinski definition) is 1. The Labute approximate surface area is 103 Å². The zero-order valence-corrected chi connectivity index (χ0v) is 10.8. The summed E-state index contributed by atoms with van der Waals surface area (Å²) in [5.41, 5.74) is 8.85. The van der Waals surface area contributed by atoms with Crippen LogP contribution in [-0.4, -0.2) is 12.1 Å². The second-order valence-electron chi connectivity index (χ2n) is 6.17. The Balaban J connectivity index is 1.96. The minimum absolute atomic E-state index is 0.0228. The summed E-state index contributed by atoms with van der Waals surface area (Å²) in [7, 11) is 0. The van der Waals surface area contributed by atoms with Crippen molar-refractivity contribution in [3.63, 3.8) is 0 Å². The highest BCUT2D eigenvalue weighted by atomic mass is 16.5. The van der Waals surface area contributed by atoms with E-state index < -0.39 is 0 Å². The Morgan fingerprint density at radius 1 is 1.24 bits per heavy atom. The van der Waals surface area contributed by atoms with Gasteiger partial charge in [0.15, 0.2) is 0 Å². The number of rotatable bonds is 2. The van der Waals surface area contributed by atoms with E-state index in [0.29, 0.717) is 0 Å². The number of fused-ring (bicyclic) bond motifs is 1. The van der Waals surface area contributed by atoms with Crippen LogP contribution in [0.2, 0.25) is 0 Å². The molecule has 0 spiro atoms. The van der Waals surface area contributed by atoms with Gasteiger partial charge in [0.05, 0.1) is 0 Å². The van der Waals surface area contributed by atoms with Crippen LogP contribution < -0.4 is 10.5 Å². The monoisotopic (exact) mass is 231 g/mol. The zero-order chi connectivity index (χ0) is 12.1. The maximum atomic E-state index is 6.09. The van der Waals surface area contributed by atoms with Crippen molar-refractivity contribution in [1.29, 1.82) is 0 Å². The SMILES string of the molecule is CC1(C)CCc2ccc(C3(CN)CC3)cc2O1. The van der Waals surface area contributed by atoms with E-state index in [1.807, 2.05) is 0 Å². The van der Waals surface area contributed by atoms with Crippen LogP contribution in [0.15, 0.2) is 18.2 Å². The van der Waals surface area contributed by atoms with Crippen LogP contribution in [0.1, 0.15) is 44.2 Å². The molecule has 1 aromatic carbocycles. The maximum absolute atomic E-state index is 6.09. The molecule has 1 aliphatic heterocycles. The molecular formula is C15H21NO. The summed E-state index contributed by atoms with van der Waals surface area (Å²) < 4.78 is 6.09. The third-order valence-electron chi connectivity index (χ3n) is 4.31. The zero-order valence-electron chi connectivity index (χ0n) is 10.8. The van der Waals surface area contributed by atoms with Gasteiger partial charge in [-0.05, 0) is 56.7 Å². The molecule has 2 heteroatoms. The number of nitrogens with two attached hydrogens (primary N) is 1. The summed E-state index contributed by atoms with van der Waals surface area (Å²) in [4.78, 5) is 0. The summed E-state index contributed by atoms with van der Waals surface area (Å²) in [5, 5.41) is 0. The van der Waals surface area contributed by atoms with Gasteiger partial charge in [0.1, 0.15) is 11.4 Å². The van der Waals surface area contributed by atoms with Crippen LogP contribution >= 0.6 is 0 Å². The average molecular weight is 231 g/mol. The number of ether oxygens (including phenoxy) is 1. The summed E-state index contributed by atoms with van der Waals surface area (Å²) >= 11 is 0. The molecular weight excluding hydrogens is 210 g/mol. The second kappa shape index (κ2) is 3.49. The molecule has 0 radical (unpaired) electrons. The van der Waals surface area contributed by atoms with E-state index in [9.17, 15) is 0 Å². The summed E-state index contributed by atoms with van der Waals surface area (Å²) in [6.07, 6.45) is 4.68. The largest absolute Gasteiger partial charge is 0.488 e. The highest BCUT2D eigenvalue weighted by molar-refractivity contribution is 5.44. The second-order valence-corrected chi connectivity index (χ2v) is 6.17. The van der Waals surface area contributed by atoms with E-state index in [4.69, 9.17) is 10.5 Å². The molecule has 1 fully saturated rings. The van der Waals surface area contributed by atoms with E-state index in [2.05, 4.69) is 32.0 Å². The molecule has 1 saturated carbocycles. The molecule has 0 unspecified atom stereocenters. The van der Waals surface area contributed by atoms with Crippen molar-refractivity contribution in [2.24, 2.45) is 5.73 Å². The molecule has 0 amide bonds.